The number of nitrogens with zero attached hydrogens (tertiary/aromatic N) is 2. The maximum Gasteiger partial charge on any atom is 0.266 e. The van der Waals surface area contributed by atoms with E-state index in [1.54, 1.807) is 23.6 Å². The van der Waals surface area contributed by atoms with Crippen molar-refractivity contribution in [3.8, 4) is 11.1 Å². The molecule has 2 aromatic heterocycles. The summed E-state index contributed by atoms with van der Waals surface area (Å²) in [6.07, 6.45) is 0. The number of fused-ring (bicyclic) bond motifs is 1. The Labute approximate surface area is 124 Å². The monoisotopic (exact) mass is 298 g/mol. The zero-order valence-corrected chi connectivity index (χ0v) is 12.3. The summed E-state index contributed by atoms with van der Waals surface area (Å²) in [4.78, 5) is 12.7. The van der Waals surface area contributed by atoms with E-state index < -0.39 is 11.4 Å². The molecule has 0 radical (unpaired) electrons. The first-order valence-electron chi connectivity index (χ1n) is 6.34. The number of pyridine rings is 1. The Morgan fingerprint density at radius 2 is 2.05 bits per heavy atom. The number of aromatic nitrogens is 1. The van der Waals surface area contributed by atoms with Gasteiger partial charge in [-0.2, -0.15) is 5.26 Å². The predicted molar refractivity (Wildman–Crippen MR) is 81.6 cm³/mol. The Hall–Kier alpha value is -2.45. The van der Waals surface area contributed by atoms with Gasteiger partial charge in [0.05, 0.1) is 10.9 Å². The zero-order chi connectivity index (χ0) is 15.1. The van der Waals surface area contributed by atoms with E-state index in [0.29, 0.717) is 16.0 Å². The summed E-state index contributed by atoms with van der Waals surface area (Å²) in [5, 5.41) is 12.1. The smallest absolute Gasteiger partial charge is 0.266 e. The molecule has 0 spiro atoms. The molecular formula is C16H11FN2OS. The van der Waals surface area contributed by atoms with Crippen LogP contribution in [0.1, 0.15) is 16.8 Å². The van der Waals surface area contributed by atoms with Crippen molar-refractivity contribution in [2.24, 2.45) is 0 Å². The molecule has 0 unspecified atom stereocenters. The van der Waals surface area contributed by atoms with Gasteiger partial charge in [0.25, 0.3) is 5.56 Å². The van der Waals surface area contributed by atoms with Crippen LogP contribution in [-0.4, -0.2) is 4.57 Å². The van der Waals surface area contributed by atoms with Crippen molar-refractivity contribution in [3.05, 3.63) is 62.6 Å². The number of benzene rings is 1. The highest BCUT2D eigenvalue weighted by molar-refractivity contribution is 7.12. The van der Waals surface area contributed by atoms with E-state index in [1.807, 2.05) is 13.8 Å². The summed E-state index contributed by atoms with van der Waals surface area (Å²) in [7, 11) is 0. The molecule has 0 N–H and O–H groups in total. The number of hydrogen-bond acceptors (Lipinski definition) is 3. The van der Waals surface area contributed by atoms with Crippen molar-refractivity contribution in [2.75, 3.05) is 0 Å². The Balaban J connectivity index is 2.54. The van der Waals surface area contributed by atoms with E-state index in [0.717, 1.165) is 11.3 Å². The molecule has 0 amide bonds. The average molecular weight is 298 g/mol. The molecule has 3 nitrogen and oxygen atoms in total. The Kier molecular flexibility index (Phi) is 3.11. The summed E-state index contributed by atoms with van der Waals surface area (Å²) in [6, 6.07) is 8.35. The molecule has 104 valence electrons. The summed E-state index contributed by atoms with van der Waals surface area (Å²) < 4.78 is 15.5. The molecule has 2 heterocycles. The van der Waals surface area contributed by atoms with Crippen LogP contribution >= 0.6 is 11.3 Å². The minimum atomic E-state index is -0.538. The van der Waals surface area contributed by atoms with E-state index in [4.69, 9.17) is 5.26 Å². The molecule has 0 saturated carbocycles. The van der Waals surface area contributed by atoms with Gasteiger partial charge in [0.2, 0.25) is 0 Å². The maximum absolute atomic E-state index is 14.1. The van der Waals surface area contributed by atoms with E-state index in [1.165, 1.54) is 22.0 Å². The molecular weight excluding hydrogens is 287 g/mol. The Morgan fingerprint density at radius 3 is 2.76 bits per heavy atom. The third-order valence-corrected chi connectivity index (χ3v) is 4.58. The Morgan fingerprint density at radius 1 is 1.29 bits per heavy atom. The van der Waals surface area contributed by atoms with Gasteiger partial charge in [0, 0.05) is 5.69 Å². The molecule has 0 atom stereocenters. The minimum Gasteiger partial charge on any atom is -0.270 e. The fourth-order valence-corrected chi connectivity index (χ4v) is 3.38. The fourth-order valence-electron chi connectivity index (χ4n) is 2.48. The summed E-state index contributed by atoms with van der Waals surface area (Å²) in [5.41, 5.74) is 1.55. The highest BCUT2D eigenvalue weighted by Gasteiger charge is 2.17. The lowest BCUT2D eigenvalue weighted by Gasteiger charge is -2.14. The van der Waals surface area contributed by atoms with Crippen LogP contribution in [0.4, 0.5) is 4.39 Å². The van der Waals surface area contributed by atoms with Gasteiger partial charge in [-0.3, -0.25) is 9.36 Å². The lowest BCUT2D eigenvalue weighted by molar-refractivity contribution is 0.637. The predicted octanol–water partition coefficient (Wildman–Crippen LogP) is 3.68. The van der Waals surface area contributed by atoms with Crippen LogP contribution in [0.3, 0.4) is 0 Å². The van der Waals surface area contributed by atoms with Crippen LogP contribution in [0.2, 0.25) is 0 Å². The van der Waals surface area contributed by atoms with Crippen LogP contribution in [0, 0.1) is 31.0 Å². The van der Waals surface area contributed by atoms with E-state index in [-0.39, 0.29) is 5.39 Å². The van der Waals surface area contributed by atoms with Crippen LogP contribution in [-0.2, 0) is 0 Å². The van der Waals surface area contributed by atoms with E-state index in [9.17, 15) is 9.18 Å². The van der Waals surface area contributed by atoms with E-state index >= 15 is 0 Å². The third-order valence-electron chi connectivity index (χ3n) is 3.68. The van der Waals surface area contributed by atoms with Gasteiger partial charge in [0.1, 0.15) is 16.9 Å². The van der Waals surface area contributed by atoms with Crippen molar-refractivity contribution < 1.29 is 4.39 Å². The number of nitriles is 1. The van der Waals surface area contributed by atoms with Crippen molar-refractivity contribution in [3.63, 3.8) is 0 Å². The van der Waals surface area contributed by atoms with Gasteiger partial charge in [-0.05, 0) is 42.3 Å². The third kappa shape index (κ3) is 1.88. The van der Waals surface area contributed by atoms with Crippen molar-refractivity contribution in [2.45, 2.75) is 13.8 Å². The van der Waals surface area contributed by atoms with Gasteiger partial charge in [0.15, 0.2) is 0 Å². The summed E-state index contributed by atoms with van der Waals surface area (Å²) in [5.74, 6) is -0.538. The number of rotatable bonds is 1. The van der Waals surface area contributed by atoms with Crippen molar-refractivity contribution in [1.29, 1.82) is 5.26 Å². The molecule has 21 heavy (non-hydrogen) atoms. The second-order valence-electron chi connectivity index (χ2n) is 4.76. The van der Waals surface area contributed by atoms with Crippen LogP contribution in [0.5, 0.6) is 0 Å². The molecule has 0 bridgehead atoms. The van der Waals surface area contributed by atoms with Crippen LogP contribution in [0.25, 0.3) is 15.8 Å². The SMILES string of the molecule is Cc1c(C)n(-c2sccc2C#N)c(=O)c2c(F)cccc12. The lowest BCUT2D eigenvalue weighted by Crippen LogP contribution is -2.22. The standard InChI is InChI=1S/C16H11FN2OS/c1-9-10(2)19(16-11(8-18)6-7-21-16)15(20)14-12(9)4-3-5-13(14)17/h3-7H,1-2H3. The van der Waals surface area contributed by atoms with Crippen LogP contribution in [0.15, 0.2) is 34.4 Å². The highest BCUT2D eigenvalue weighted by atomic mass is 32.1. The largest absolute Gasteiger partial charge is 0.270 e. The van der Waals surface area contributed by atoms with Crippen LogP contribution < -0.4 is 5.56 Å². The normalized spacial score (nSPS) is 10.8. The maximum atomic E-state index is 14.1. The van der Waals surface area contributed by atoms with Gasteiger partial charge in [-0.25, -0.2) is 4.39 Å². The van der Waals surface area contributed by atoms with Crippen molar-refractivity contribution >= 4 is 22.1 Å². The zero-order valence-electron chi connectivity index (χ0n) is 11.5. The van der Waals surface area contributed by atoms with E-state index in [2.05, 4.69) is 6.07 Å². The molecule has 5 heteroatoms. The molecule has 0 aliphatic heterocycles. The van der Waals surface area contributed by atoms with Gasteiger partial charge in [-0.15, -0.1) is 11.3 Å². The number of thiophene rings is 1. The van der Waals surface area contributed by atoms with Crippen molar-refractivity contribution in [1.82, 2.24) is 4.57 Å². The lowest BCUT2D eigenvalue weighted by atomic mass is 10.0. The number of halogens is 1. The van der Waals surface area contributed by atoms with Gasteiger partial charge >= 0.3 is 0 Å². The molecule has 1 aromatic carbocycles. The first kappa shape index (κ1) is 13.5. The molecule has 0 fully saturated rings. The first-order chi connectivity index (χ1) is 10.1. The topological polar surface area (TPSA) is 45.8 Å². The second kappa shape index (κ2) is 4.83. The molecule has 3 rings (SSSR count). The molecule has 0 aliphatic carbocycles. The first-order valence-corrected chi connectivity index (χ1v) is 7.22. The molecule has 0 saturated heterocycles. The second-order valence-corrected chi connectivity index (χ2v) is 5.66. The van der Waals surface area contributed by atoms with Gasteiger partial charge < -0.3 is 0 Å². The number of aryl methyl sites for hydroxylation is 1. The molecule has 0 aliphatic rings. The minimum absolute atomic E-state index is 0.0675. The summed E-state index contributed by atoms with van der Waals surface area (Å²) >= 11 is 1.30. The Bertz CT molecular complexity index is 963. The molecule has 3 aromatic rings. The number of hydrogen-bond donors (Lipinski definition) is 0. The van der Waals surface area contributed by atoms with Gasteiger partial charge in [-0.1, -0.05) is 12.1 Å². The average Bonchev–Trinajstić information content (AvgIpc) is 2.93. The highest BCUT2D eigenvalue weighted by Crippen LogP contribution is 2.26. The fraction of sp³-hybridized carbons (Fsp3) is 0.125. The quantitative estimate of drug-likeness (QED) is 0.688. The summed E-state index contributed by atoms with van der Waals surface area (Å²) in [6.45, 7) is 3.66.